The topological polar surface area (TPSA) is 70.1 Å². The molecule has 0 aromatic heterocycles. The highest BCUT2D eigenvalue weighted by Gasteiger charge is 2.27. The number of ether oxygens (including phenoxy) is 1. The molecule has 1 aromatic rings. The second-order valence-electron chi connectivity index (χ2n) is 5.53. The van der Waals surface area contributed by atoms with Gasteiger partial charge in [-0.05, 0) is 31.5 Å². The molecule has 1 aliphatic heterocycles. The van der Waals surface area contributed by atoms with Gasteiger partial charge in [0.25, 0.3) is 5.91 Å². The molecule has 1 atom stereocenters. The first-order chi connectivity index (χ1) is 10.4. The third kappa shape index (κ3) is 3.39. The Balaban J connectivity index is 2.02. The number of carbonyl (C=O) groups is 2. The number of rotatable bonds is 4. The smallest absolute Gasteiger partial charge is 0.320 e. The number of amides is 1. The minimum atomic E-state index is -0.831. The highest BCUT2D eigenvalue weighted by Crippen LogP contribution is 2.20. The molecule has 2 rings (SSSR count). The maximum absolute atomic E-state index is 12.5. The average molecular weight is 306 g/mol. The van der Waals surface area contributed by atoms with Crippen LogP contribution >= 0.6 is 0 Å². The molecule has 0 spiro atoms. The number of carboxylic acids is 1. The number of methoxy groups -OCH3 is 1. The Morgan fingerprint density at radius 2 is 1.86 bits per heavy atom. The van der Waals surface area contributed by atoms with Crippen LogP contribution in [0.4, 0.5) is 0 Å². The van der Waals surface area contributed by atoms with Crippen LogP contribution in [-0.2, 0) is 4.79 Å². The van der Waals surface area contributed by atoms with Crippen molar-refractivity contribution in [3.63, 3.8) is 0 Å². The van der Waals surface area contributed by atoms with Gasteiger partial charge >= 0.3 is 5.97 Å². The molecule has 1 saturated heterocycles. The minimum Gasteiger partial charge on any atom is -0.496 e. The van der Waals surface area contributed by atoms with E-state index in [0.29, 0.717) is 37.5 Å². The summed E-state index contributed by atoms with van der Waals surface area (Å²) in [6.07, 6.45) is 0. The summed E-state index contributed by atoms with van der Waals surface area (Å²) in [7, 11) is 1.59. The molecule has 1 aromatic carbocycles. The summed E-state index contributed by atoms with van der Waals surface area (Å²) in [6.45, 7) is 5.81. The molecule has 0 unspecified atom stereocenters. The van der Waals surface area contributed by atoms with E-state index in [1.54, 1.807) is 31.1 Å². The van der Waals surface area contributed by atoms with E-state index in [-0.39, 0.29) is 5.91 Å². The zero-order valence-corrected chi connectivity index (χ0v) is 13.2. The van der Waals surface area contributed by atoms with Gasteiger partial charge in [0.15, 0.2) is 0 Å². The van der Waals surface area contributed by atoms with Crippen molar-refractivity contribution >= 4 is 11.9 Å². The largest absolute Gasteiger partial charge is 0.496 e. The lowest BCUT2D eigenvalue weighted by Gasteiger charge is -2.36. The van der Waals surface area contributed by atoms with E-state index in [9.17, 15) is 9.59 Å². The van der Waals surface area contributed by atoms with Crippen molar-refractivity contribution in [3.05, 3.63) is 29.3 Å². The molecule has 1 amide bonds. The van der Waals surface area contributed by atoms with Crippen molar-refractivity contribution in [2.75, 3.05) is 33.3 Å². The molecule has 22 heavy (non-hydrogen) atoms. The van der Waals surface area contributed by atoms with Crippen LogP contribution in [0.3, 0.4) is 0 Å². The van der Waals surface area contributed by atoms with E-state index in [1.807, 2.05) is 17.9 Å². The fraction of sp³-hybridized carbons (Fsp3) is 0.500. The number of carboxylic acid groups (broad SMARTS) is 1. The number of carbonyl (C=O) groups excluding carboxylic acids is 1. The van der Waals surface area contributed by atoms with Crippen molar-refractivity contribution in [2.45, 2.75) is 19.9 Å². The van der Waals surface area contributed by atoms with Crippen LogP contribution in [0.2, 0.25) is 0 Å². The number of aryl methyl sites for hydroxylation is 1. The predicted molar refractivity (Wildman–Crippen MR) is 82.3 cm³/mol. The highest BCUT2D eigenvalue weighted by atomic mass is 16.5. The Kier molecular flexibility index (Phi) is 5.03. The van der Waals surface area contributed by atoms with Crippen LogP contribution in [-0.4, -0.2) is 66.1 Å². The fourth-order valence-electron chi connectivity index (χ4n) is 2.60. The van der Waals surface area contributed by atoms with Crippen molar-refractivity contribution in [1.29, 1.82) is 0 Å². The number of benzene rings is 1. The van der Waals surface area contributed by atoms with Gasteiger partial charge in [-0.3, -0.25) is 14.5 Å². The Hall–Kier alpha value is -2.08. The van der Waals surface area contributed by atoms with Gasteiger partial charge < -0.3 is 14.7 Å². The van der Waals surface area contributed by atoms with Crippen LogP contribution < -0.4 is 4.74 Å². The van der Waals surface area contributed by atoms with Crippen molar-refractivity contribution < 1.29 is 19.4 Å². The van der Waals surface area contributed by atoms with Crippen molar-refractivity contribution in [3.8, 4) is 5.75 Å². The van der Waals surface area contributed by atoms with Crippen molar-refractivity contribution in [1.82, 2.24) is 9.80 Å². The summed E-state index contributed by atoms with van der Waals surface area (Å²) < 4.78 is 5.25. The fourth-order valence-corrected chi connectivity index (χ4v) is 2.60. The first-order valence-electron chi connectivity index (χ1n) is 7.35. The molecule has 6 heteroatoms. The summed E-state index contributed by atoms with van der Waals surface area (Å²) in [5.74, 6) is -0.173. The predicted octanol–water partition coefficient (Wildman–Crippen LogP) is 1.23. The highest BCUT2D eigenvalue weighted by molar-refractivity contribution is 5.94. The Labute approximate surface area is 130 Å². The van der Waals surface area contributed by atoms with Crippen LogP contribution in [0.1, 0.15) is 22.8 Å². The van der Waals surface area contributed by atoms with Crippen LogP contribution in [0, 0.1) is 6.92 Å². The van der Waals surface area contributed by atoms with Crippen molar-refractivity contribution in [2.24, 2.45) is 0 Å². The van der Waals surface area contributed by atoms with E-state index in [0.717, 1.165) is 5.56 Å². The van der Waals surface area contributed by atoms with Gasteiger partial charge in [0.05, 0.1) is 7.11 Å². The SMILES string of the molecule is COc1cc(C(=O)N2CCN([C@@H](C)C(=O)O)CC2)ccc1C. The first kappa shape index (κ1) is 16.3. The van der Waals surface area contributed by atoms with Crippen LogP contribution in [0.25, 0.3) is 0 Å². The molecule has 1 N–H and O–H groups in total. The van der Waals surface area contributed by atoms with Crippen LogP contribution in [0.5, 0.6) is 5.75 Å². The van der Waals surface area contributed by atoms with Crippen LogP contribution in [0.15, 0.2) is 18.2 Å². The first-order valence-corrected chi connectivity index (χ1v) is 7.35. The normalized spacial score (nSPS) is 17.1. The molecule has 0 aliphatic carbocycles. The van der Waals surface area contributed by atoms with Gasteiger partial charge in [-0.25, -0.2) is 0 Å². The lowest BCUT2D eigenvalue weighted by atomic mass is 10.1. The van der Waals surface area contributed by atoms with Gasteiger partial charge in [-0.1, -0.05) is 6.07 Å². The molecule has 0 radical (unpaired) electrons. The molecular formula is C16H22N2O4. The second kappa shape index (κ2) is 6.79. The van der Waals surface area contributed by atoms with E-state index in [2.05, 4.69) is 0 Å². The number of hydrogen-bond acceptors (Lipinski definition) is 4. The number of piperazine rings is 1. The zero-order valence-electron chi connectivity index (χ0n) is 13.2. The molecular weight excluding hydrogens is 284 g/mol. The summed E-state index contributed by atoms with van der Waals surface area (Å²) >= 11 is 0. The van der Waals surface area contributed by atoms with Gasteiger partial charge in [0, 0.05) is 31.7 Å². The second-order valence-corrected chi connectivity index (χ2v) is 5.53. The standard InChI is InChI=1S/C16H22N2O4/c1-11-4-5-13(10-14(11)22-3)15(19)18-8-6-17(7-9-18)12(2)16(20)21/h4-5,10,12H,6-9H2,1-3H3,(H,20,21)/t12-/m0/s1. The van der Waals surface area contributed by atoms with E-state index in [1.165, 1.54) is 0 Å². The maximum Gasteiger partial charge on any atom is 0.320 e. The van der Waals surface area contributed by atoms with Gasteiger partial charge in [0.1, 0.15) is 11.8 Å². The molecule has 0 bridgehead atoms. The third-order valence-electron chi connectivity index (χ3n) is 4.16. The van der Waals surface area contributed by atoms with Gasteiger partial charge in [-0.2, -0.15) is 0 Å². The quantitative estimate of drug-likeness (QED) is 0.906. The molecule has 1 aliphatic rings. The minimum absolute atomic E-state index is 0.0408. The lowest BCUT2D eigenvalue weighted by molar-refractivity contribution is -0.143. The van der Waals surface area contributed by atoms with E-state index >= 15 is 0 Å². The maximum atomic E-state index is 12.5. The molecule has 120 valence electrons. The average Bonchev–Trinajstić information content (AvgIpc) is 2.54. The third-order valence-corrected chi connectivity index (χ3v) is 4.16. The molecule has 6 nitrogen and oxygen atoms in total. The number of nitrogens with zero attached hydrogens (tertiary/aromatic N) is 2. The monoisotopic (exact) mass is 306 g/mol. The Morgan fingerprint density at radius 1 is 1.23 bits per heavy atom. The zero-order chi connectivity index (χ0) is 16.3. The summed E-state index contributed by atoms with van der Waals surface area (Å²) in [6, 6.07) is 4.90. The van der Waals surface area contributed by atoms with E-state index in [4.69, 9.17) is 9.84 Å². The van der Waals surface area contributed by atoms with Gasteiger partial charge in [-0.15, -0.1) is 0 Å². The lowest BCUT2D eigenvalue weighted by Crippen LogP contribution is -2.53. The van der Waals surface area contributed by atoms with E-state index < -0.39 is 12.0 Å². The number of aliphatic carboxylic acids is 1. The molecule has 1 heterocycles. The summed E-state index contributed by atoms with van der Waals surface area (Å²) in [4.78, 5) is 27.2. The van der Waals surface area contributed by atoms with Gasteiger partial charge in [0.2, 0.25) is 0 Å². The Bertz CT molecular complexity index is 565. The molecule has 0 saturated carbocycles. The Morgan fingerprint density at radius 3 is 2.41 bits per heavy atom. The molecule has 1 fully saturated rings. The summed E-state index contributed by atoms with van der Waals surface area (Å²) in [5.41, 5.74) is 1.58. The summed E-state index contributed by atoms with van der Waals surface area (Å²) in [5, 5.41) is 9.03. The number of hydrogen-bond donors (Lipinski definition) is 1.